The van der Waals surface area contributed by atoms with E-state index in [1.807, 2.05) is 20.8 Å². The van der Waals surface area contributed by atoms with E-state index in [0.717, 1.165) is 19.4 Å². The van der Waals surface area contributed by atoms with Crippen LogP contribution in [0.3, 0.4) is 0 Å². The largest absolute Gasteiger partial charge is 0.481 e. The molecule has 1 aliphatic heterocycles. The summed E-state index contributed by atoms with van der Waals surface area (Å²) in [5.41, 5.74) is -0.329. The minimum absolute atomic E-state index is 0.00313. The molecule has 0 bridgehead atoms. The quantitative estimate of drug-likeness (QED) is 0.790. The maximum atomic E-state index is 12.5. The predicted molar refractivity (Wildman–Crippen MR) is 69.3 cm³/mol. The third kappa shape index (κ3) is 4.29. The summed E-state index contributed by atoms with van der Waals surface area (Å²) in [5, 5.41) is 12.0. The monoisotopic (exact) mass is 256 g/mol. The first-order valence-corrected chi connectivity index (χ1v) is 6.56. The molecule has 0 saturated carbocycles. The Hall–Kier alpha value is -1.10. The highest BCUT2D eigenvalue weighted by molar-refractivity contribution is 5.80. The zero-order valence-corrected chi connectivity index (χ0v) is 11.5. The summed E-state index contributed by atoms with van der Waals surface area (Å²) in [6.45, 7) is 7.80. The molecule has 18 heavy (non-hydrogen) atoms. The van der Waals surface area contributed by atoms with Crippen molar-refractivity contribution in [2.24, 2.45) is 5.92 Å². The number of hydrogen-bond acceptors (Lipinski definition) is 3. The van der Waals surface area contributed by atoms with Crippen LogP contribution in [0.1, 0.15) is 40.0 Å². The van der Waals surface area contributed by atoms with Crippen molar-refractivity contribution in [3.05, 3.63) is 0 Å². The summed E-state index contributed by atoms with van der Waals surface area (Å²) in [6.07, 6.45) is 1.90. The molecule has 5 heteroatoms. The first-order valence-electron chi connectivity index (χ1n) is 6.56. The summed E-state index contributed by atoms with van der Waals surface area (Å²) >= 11 is 0. The predicted octanol–water partition coefficient (Wildman–Crippen LogP) is 1.09. The van der Waals surface area contributed by atoms with Crippen molar-refractivity contribution in [2.45, 2.75) is 45.6 Å². The Kier molecular flexibility index (Phi) is 5.14. The average Bonchev–Trinajstić information content (AvgIpc) is 2.28. The zero-order valence-electron chi connectivity index (χ0n) is 11.5. The maximum Gasteiger partial charge on any atom is 0.305 e. The van der Waals surface area contributed by atoms with Gasteiger partial charge in [-0.05, 0) is 40.2 Å². The van der Waals surface area contributed by atoms with Gasteiger partial charge in [0.1, 0.15) is 0 Å². The van der Waals surface area contributed by atoms with Gasteiger partial charge in [-0.3, -0.25) is 9.59 Å². The van der Waals surface area contributed by atoms with Crippen LogP contribution in [0.15, 0.2) is 0 Å². The van der Waals surface area contributed by atoms with E-state index in [2.05, 4.69) is 5.32 Å². The van der Waals surface area contributed by atoms with Gasteiger partial charge >= 0.3 is 5.97 Å². The Morgan fingerprint density at radius 2 is 2.06 bits per heavy atom. The molecule has 1 amide bonds. The molecule has 104 valence electrons. The fourth-order valence-corrected chi connectivity index (χ4v) is 2.27. The Morgan fingerprint density at radius 1 is 1.39 bits per heavy atom. The van der Waals surface area contributed by atoms with Crippen LogP contribution < -0.4 is 5.32 Å². The van der Waals surface area contributed by atoms with Gasteiger partial charge in [0.25, 0.3) is 0 Å². The summed E-state index contributed by atoms with van der Waals surface area (Å²) < 4.78 is 0. The second kappa shape index (κ2) is 6.18. The number of carbonyl (C=O) groups excluding carboxylic acids is 1. The molecule has 1 rings (SSSR count). The molecule has 1 atom stereocenters. The van der Waals surface area contributed by atoms with Gasteiger partial charge in [0.2, 0.25) is 5.91 Å². The van der Waals surface area contributed by atoms with Gasteiger partial charge in [-0.25, -0.2) is 0 Å². The van der Waals surface area contributed by atoms with E-state index < -0.39 is 5.97 Å². The van der Waals surface area contributed by atoms with Gasteiger partial charge in [0, 0.05) is 18.6 Å². The number of carboxylic acids is 1. The van der Waals surface area contributed by atoms with Crippen LogP contribution in [-0.2, 0) is 9.59 Å². The van der Waals surface area contributed by atoms with Crippen molar-refractivity contribution in [1.82, 2.24) is 10.2 Å². The van der Waals surface area contributed by atoms with Crippen LogP contribution in [0.4, 0.5) is 0 Å². The number of rotatable bonds is 4. The fraction of sp³-hybridized carbons (Fsp3) is 0.846. The molecule has 0 aliphatic carbocycles. The third-order valence-electron chi connectivity index (χ3n) is 3.27. The Balaban J connectivity index is 2.68. The zero-order chi connectivity index (χ0) is 13.8. The van der Waals surface area contributed by atoms with Crippen molar-refractivity contribution < 1.29 is 14.7 Å². The number of nitrogens with zero attached hydrogens (tertiary/aromatic N) is 1. The molecule has 2 N–H and O–H groups in total. The van der Waals surface area contributed by atoms with Crippen molar-refractivity contribution in [2.75, 3.05) is 19.6 Å². The molecule has 0 radical (unpaired) electrons. The van der Waals surface area contributed by atoms with E-state index in [4.69, 9.17) is 5.11 Å². The Labute approximate surface area is 109 Å². The molecule has 0 spiro atoms. The van der Waals surface area contributed by atoms with E-state index in [1.165, 1.54) is 0 Å². The standard InChI is InChI=1S/C13H24N2O3/c1-13(2,3)15(8-6-11(16)17)12(18)10-5-4-7-14-9-10/h10,14H,4-9H2,1-3H3,(H,16,17)/t10-/m0/s1. The molecule has 0 aromatic carbocycles. The second-order valence-electron chi connectivity index (χ2n) is 5.85. The first-order chi connectivity index (χ1) is 8.32. The molecule has 1 saturated heterocycles. The van der Waals surface area contributed by atoms with Crippen LogP contribution in [0.25, 0.3) is 0 Å². The van der Waals surface area contributed by atoms with Gasteiger partial charge in [-0.1, -0.05) is 0 Å². The summed E-state index contributed by atoms with van der Waals surface area (Å²) in [5.74, 6) is -0.790. The van der Waals surface area contributed by atoms with Gasteiger partial charge in [-0.2, -0.15) is 0 Å². The van der Waals surface area contributed by atoms with Crippen LogP contribution in [0, 0.1) is 5.92 Å². The molecular weight excluding hydrogens is 232 g/mol. The number of aliphatic carboxylic acids is 1. The number of piperidine rings is 1. The normalized spacial score (nSPS) is 20.5. The van der Waals surface area contributed by atoms with E-state index >= 15 is 0 Å². The Bertz CT molecular complexity index is 304. The highest BCUT2D eigenvalue weighted by Crippen LogP contribution is 2.21. The van der Waals surface area contributed by atoms with E-state index in [1.54, 1.807) is 4.90 Å². The number of amides is 1. The van der Waals surface area contributed by atoms with E-state index in [9.17, 15) is 9.59 Å². The summed E-state index contributed by atoms with van der Waals surface area (Å²) in [6, 6.07) is 0. The molecule has 0 aromatic heterocycles. The van der Waals surface area contributed by atoms with Crippen LogP contribution in [0.2, 0.25) is 0 Å². The highest BCUT2D eigenvalue weighted by Gasteiger charge is 2.32. The lowest BCUT2D eigenvalue weighted by Gasteiger charge is -2.38. The van der Waals surface area contributed by atoms with Crippen molar-refractivity contribution in [3.63, 3.8) is 0 Å². The Morgan fingerprint density at radius 3 is 2.50 bits per heavy atom. The molecule has 5 nitrogen and oxygen atoms in total. The molecular formula is C13H24N2O3. The number of nitrogens with one attached hydrogen (secondary N) is 1. The van der Waals surface area contributed by atoms with Gasteiger partial charge in [-0.15, -0.1) is 0 Å². The fourth-order valence-electron chi connectivity index (χ4n) is 2.27. The summed E-state index contributed by atoms with van der Waals surface area (Å²) in [7, 11) is 0. The van der Waals surface area contributed by atoms with Crippen molar-refractivity contribution in [1.29, 1.82) is 0 Å². The lowest BCUT2D eigenvalue weighted by Crippen LogP contribution is -2.51. The van der Waals surface area contributed by atoms with Crippen LogP contribution in [-0.4, -0.2) is 47.1 Å². The smallest absolute Gasteiger partial charge is 0.305 e. The van der Waals surface area contributed by atoms with E-state index in [0.29, 0.717) is 6.54 Å². The van der Waals surface area contributed by atoms with Crippen molar-refractivity contribution >= 4 is 11.9 Å². The lowest BCUT2D eigenvalue weighted by atomic mass is 9.95. The molecule has 1 aliphatic rings. The van der Waals surface area contributed by atoms with Gasteiger partial charge in [0.05, 0.1) is 12.3 Å². The number of hydrogen-bond donors (Lipinski definition) is 2. The van der Waals surface area contributed by atoms with Crippen LogP contribution in [0.5, 0.6) is 0 Å². The SMILES string of the molecule is CC(C)(C)N(CCC(=O)O)C(=O)[C@H]1CCCNC1. The molecule has 1 heterocycles. The van der Waals surface area contributed by atoms with E-state index in [-0.39, 0.29) is 30.3 Å². The highest BCUT2D eigenvalue weighted by atomic mass is 16.4. The second-order valence-corrected chi connectivity index (χ2v) is 5.85. The van der Waals surface area contributed by atoms with Gasteiger partial charge in [0.15, 0.2) is 0 Å². The number of carboxylic acid groups (broad SMARTS) is 1. The maximum absolute atomic E-state index is 12.5. The van der Waals surface area contributed by atoms with Crippen molar-refractivity contribution in [3.8, 4) is 0 Å². The number of carbonyl (C=O) groups is 2. The minimum atomic E-state index is -0.862. The first kappa shape index (κ1) is 15.0. The third-order valence-corrected chi connectivity index (χ3v) is 3.27. The molecule has 1 fully saturated rings. The van der Waals surface area contributed by atoms with Crippen LogP contribution >= 0.6 is 0 Å². The molecule has 0 unspecified atom stereocenters. The summed E-state index contributed by atoms with van der Waals surface area (Å²) in [4.78, 5) is 24.8. The topological polar surface area (TPSA) is 69.6 Å². The molecule has 0 aromatic rings. The minimum Gasteiger partial charge on any atom is -0.481 e. The van der Waals surface area contributed by atoms with Gasteiger partial charge < -0.3 is 15.3 Å². The average molecular weight is 256 g/mol. The lowest BCUT2D eigenvalue weighted by molar-refractivity contribution is -0.143.